The Morgan fingerprint density at radius 1 is 1.03 bits per heavy atom. The van der Waals surface area contributed by atoms with Gasteiger partial charge >= 0.3 is 6.18 Å². The zero-order chi connectivity index (χ0) is 23.0. The Morgan fingerprint density at radius 3 is 2.53 bits per heavy atom. The number of amides is 2. The number of anilines is 1. The third kappa shape index (κ3) is 7.47. The molecule has 1 aliphatic rings. The average molecular weight is 450 g/mol. The SMILES string of the molecule is O=C(Nc1cccc(OCC(F)(F)F)c1)C1CCCN(C(=O)CCOc2ccccc2)C1. The zero-order valence-electron chi connectivity index (χ0n) is 17.4. The summed E-state index contributed by atoms with van der Waals surface area (Å²) >= 11 is 0. The molecule has 32 heavy (non-hydrogen) atoms. The highest BCUT2D eigenvalue weighted by atomic mass is 19.4. The number of carbonyl (C=O) groups excluding carboxylic acids is 2. The highest BCUT2D eigenvalue weighted by Gasteiger charge is 2.29. The van der Waals surface area contributed by atoms with Crippen molar-refractivity contribution < 1.29 is 32.2 Å². The molecule has 9 heteroatoms. The number of para-hydroxylation sites is 1. The van der Waals surface area contributed by atoms with Crippen molar-refractivity contribution in [1.82, 2.24) is 4.90 Å². The first kappa shape index (κ1) is 23.4. The maximum absolute atomic E-state index is 12.7. The predicted octanol–water partition coefficient (Wildman–Crippen LogP) is 4.27. The van der Waals surface area contributed by atoms with E-state index >= 15 is 0 Å². The molecular weight excluding hydrogens is 425 g/mol. The molecule has 1 N–H and O–H groups in total. The van der Waals surface area contributed by atoms with E-state index in [1.807, 2.05) is 30.3 Å². The molecule has 3 rings (SSSR count). The maximum Gasteiger partial charge on any atom is 0.422 e. The Balaban J connectivity index is 1.48. The van der Waals surface area contributed by atoms with Gasteiger partial charge in [-0.15, -0.1) is 0 Å². The molecule has 6 nitrogen and oxygen atoms in total. The van der Waals surface area contributed by atoms with E-state index in [0.717, 1.165) is 0 Å². The van der Waals surface area contributed by atoms with E-state index in [4.69, 9.17) is 9.47 Å². The normalized spacial score (nSPS) is 16.3. The minimum Gasteiger partial charge on any atom is -0.493 e. The highest BCUT2D eigenvalue weighted by molar-refractivity contribution is 5.93. The van der Waals surface area contributed by atoms with Crippen LogP contribution in [0, 0.1) is 5.92 Å². The van der Waals surface area contributed by atoms with Crippen molar-refractivity contribution >= 4 is 17.5 Å². The number of nitrogens with one attached hydrogen (secondary N) is 1. The first-order valence-electron chi connectivity index (χ1n) is 10.4. The van der Waals surface area contributed by atoms with Crippen LogP contribution in [-0.4, -0.2) is 49.2 Å². The van der Waals surface area contributed by atoms with Crippen molar-refractivity contribution in [2.45, 2.75) is 25.4 Å². The number of hydrogen-bond donors (Lipinski definition) is 1. The van der Waals surface area contributed by atoms with Crippen molar-refractivity contribution in [3.05, 3.63) is 54.6 Å². The topological polar surface area (TPSA) is 67.9 Å². The van der Waals surface area contributed by atoms with Crippen molar-refractivity contribution in [3.63, 3.8) is 0 Å². The van der Waals surface area contributed by atoms with Gasteiger partial charge in [-0.1, -0.05) is 24.3 Å². The molecule has 0 bridgehead atoms. The standard InChI is InChI=1S/C23H25F3N2O4/c24-23(25,26)16-32-20-10-4-7-18(14-20)27-22(30)17-6-5-12-28(15-17)21(29)11-13-31-19-8-2-1-3-9-19/h1-4,7-10,14,17H,5-6,11-13,15-16H2,(H,27,30). The summed E-state index contributed by atoms with van der Waals surface area (Å²) in [6.45, 7) is -0.284. The van der Waals surface area contributed by atoms with Crippen LogP contribution < -0.4 is 14.8 Å². The summed E-state index contributed by atoms with van der Waals surface area (Å²) in [5.41, 5.74) is 0.342. The van der Waals surface area contributed by atoms with Gasteiger partial charge in [0.25, 0.3) is 0 Å². The van der Waals surface area contributed by atoms with Gasteiger partial charge in [0.2, 0.25) is 11.8 Å². The van der Waals surface area contributed by atoms with E-state index in [0.29, 0.717) is 37.4 Å². The van der Waals surface area contributed by atoms with Crippen LogP contribution in [0.4, 0.5) is 18.9 Å². The summed E-state index contributed by atoms with van der Waals surface area (Å²) in [6.07, 6.45) is -2.91. The third-order valence-electron chi connectivity index (χ3n) is 4.98. The first-order valence-corrected chi connectivity index (χ1v) is 10.4. The molecule has 1 unspecified atom stereocenters. The monoisotopic (exact) mass is 450 g/mol. The fourth-order valence-electron chi connectivity index (χ4n) is 3.42. The van der Waals surface area contributed by atoms with Gasteiger partial charge in [0, 0.05) is 24.8 Å². The lowest BCUT2D eigenvalue weighted by molar-refractivity contribution is -0.153. The van der Waals surface area contributed by atoms with E-state index in [-0.39, 0.29) is 30.6 Å². The van der Waals surface area contributed by atoms with Crippen molar-refractivity contribution in [3.8, 4) is 11.5 Å². The van der Waals surface area contributed by atoms with Crippen LogP contribution >= 0.6 is 0 Å². The van der Waals surface area contributed by atoms with Crippen molar-refractivity contribution in [2.75, 3.05) is 31.6 Å². The number of benzene rings is 2. The molecule has 2 aromatic carbocycles. The smallest absolute Gasteiger partial charge is 0.422 e. The number of likely N-dealkylation sites (tertiary alicyclic amines) is 1. The second-order valence-corrected chi connectivity index (χ2v) is 7.51. The second kappa shape index (κ2) is 10.9. The van der Waals surface area contributed by atoms with Gasteiger partial charge < -0.3 is 19.7 Å². The minimum absolute atomic E-state index is 0.0130. The van der Waals surface area contributed by atoms with Crippen LogP contribution in [0.25, 0.3) is 0 Å². The van der Waals surface area contributed by atoms with Gasteiger partial charge in [-0.25, -0.2) is 0 Å². The van der Waals surface area contributed by atoms with Gasteiger partial charge in [0.1, 0.15) is 11.5 Å². The first-order chi connectivity index (χ1) is 15.3. The zero-order valence-corrected chi connectivity index (χ0v) is 17.4. The van der Waals surface area contributed by atoms with E-state index in [1.54, 1.807) is 11.0 Å². The number of ether oxygens (including phenoxy) is 2. The van der Waals surface area contributed by atoms with Crippen LogP contribution in [0.2, 0.25) is 0 Å². The average Bonchev–Trinajstić information content (AvgIpc) is 2.78. The summed E-state index contributed by atoms with van der Waals surface area (Å²) in [5.74, 6) is -0.0592. The van der Waals surface area contributed by atoms with Gasteiger partial charge in [0.15, 0.2) is 6.61 Å². The molecule has 1 heterocycles. The van der Waals surface area contributed by atoms with Crippen LogP contribution in [-0.2, 0) is 9.59 Å². The molecule has 1 aliphatic heterocycles. The van der Waals surface area contributed by atoms with Crippen LogP contribution in [0.1, 0.15) is 19.3 Å². The number of carbonyl (C=O) groups is 2. The van der Waals surface area contributed by atoms with Crippen molar-refractivity contribution in [2.24, 2.45) is 5.92 Å². The Morgan fingerprint density at radius 2 is 1.78 bits per heavy atom. The molecule has 0 aliphatic carbocycles. The fraction of sp³-hybridized carbons (Fsp3) is 0.391. The summed E-state index contributed by atoms with van der Waals surface area (Å²) in [7, 11) is 0. The van der Waals surface area contributed by atoms with Crippen LogP contribution in [0.5, 0.6) is 11.5 Å². The Kier molecular flexibility index (Phi) is 7.97. The van der Waals surface area contributed by atoms with Gasteiger partial charge in [-0.2, -0.15) is 13.2 Å². The quantitative estimate of drug-likeness (QED) is 0.652. The Bertz CT molecular complexity index is 906. The molecule has 1 saturated heterocycles. The largest absolute Gasteiger partial charge is 0.493 e. The van der Waals surface area contributed by atoms with Gasteiger partial charge in [-0.05, 0) is 37.1 Å². The Labute approximate surface area is 184 Å². The maximum atomic E-state index is 12.7. The minimum atomic E-state index is -4.44. The summed E-state index contributed by atoms with van der Waals surface area (Å²) < 4.78 is 47.3. The fourth-order valence-corrected chi connectivity index (χ4v) is 3.42. The van der Waals surface area contributed by atoms with Crippen LogP contribution in [0.3, 0.4) is 0 Å². The number of halogens is 3. The van der Waals surface area contributed by atoms with E-state index in [1.165, 1.54) is 18.2 Å². The van der Waals surface area contributed by atoms with Gasteiger partial charge in [-0.3, -0.25) is 9.59 Å². The van der Waals surface area contributed by atoms with E-state index in [2.05, 4.69) is 5.32 Å². The molecule has 172 valence electrons. The number of rotatable bonds is 8. The summed E-state index contributed by atoms with van der Waals surface area (Å²) in [5, 5.41) is 2.71. The summed E-state index contributed by atoms with van der Waals surface area (Å²) in [6, 6.07) is 15.0. The molecule has 1 atom stereocenters. The van der Waals surface area contributed by atoms with Crippen LogP contribution in [0.15, 0.2) is 54.6 Å². The lowest BCUT2D eigenvalue weighted by Gasteiger charge is -2.32. The molecular formula is C23H25F3N2O4. The molecule has 0 radical (unpaired) electrons. The molecule has 2 aromatic rings. The van der Waals surface area contributed by atoms with Crippen molar-refractivity contribution in [1.29, 1.82) is 0 Å². The molecule has 0 spiro atoms. The number of hydrogen-bond acceptors (Lipinski definition) is 4. The number of alkyl halides is 3. The highest BCUT2D eigenvalue weighted by Crippen LogP contribution is 2.23. The third-order valence-corrected chi connectivity index (χ3v) is 4.98. The van der Waals surface area contributed by atoms with E-state index < -0.39 is 18.7 Å². The lowest BCUT2D eigenvalue weighted by Crippen LogP contribution is -2.44. The van der Waals surface area contributed by atoms with Gasteiger partial charge in [0.05, 0.1) is 18.9 Å². The van der Waals surface area contributed by atoms with E-state index in [9.17, 15) is 22.8 Å². The lowest BCUT2D eigenvalue weighted by atomic mass is 9.96. The summed E-state index contributed by atoms with van der Waals surface area (Å²) in [4.78, 5) is 26.8. The molecule has 0 saturated carbocycles. The predicted molar refractivity (Wildman–Crippen MR) is 112 cm³/mol. The molecule has 1 fully saturated rings. The number of nitrogens with zero attached hydrogens (tertiary/aromatic N) is 1. The Hall–Kier alpha value is -3.23. The molecule has 2 amide bonds. The number of piperidine rings is 1. The molecule has 0 aromatic heterocycles. The second-order valence-electron chi connectivity index (χ2n) is 7.51.